The molecule has 2 bridgehead atoms. The minimum absolute atomic E-state index is 0.106. The molecule has 2 aliphatic heterocycles. The SMILES string of the molecule is Cc1ccc(-c2nn(C3CCC(CO)CC3)cc2-n2[nH]c(N3C[C@H]4C[C@@H]3CO4)cc2=O)nc1. The monoisotopic (exact) mass is 450 g/mol. The molecule has 0 spiro atoms. The fourth-order valence-corrected chi connectivity index (χ4v) is 5.52. The summed E-state index contributed by atoms with van der Waals surface area (Å²) in [5, 5.41) is 17.8. The molecule has 5 heterocycles. The molecule has 9 heteroatoms. The molecule has 0 unspecified atom stereocenters. The van der Waals surface area contributed by atoms with E-state index < -0.39 is 0 Å². The maximum Gasteiger partial charge on any atom is 0.273 e. The molecule has 0 aromatic carbocycles. The molecule has 174 valence electrons. The average molecular weight is 451 g/mol. The van der Waals surface area contributed by atoms with E-state index in [1.807, 2.05) is 36.1 Å². The van der Waals surface area contributed by atoms with Crippen LogP contribution in [0.2, 0.25) is 0 Å². The molecule has 1 saturated carbocycles. The van der Waals surface area contributed by atoms with Crippen molar-refractivity contribution in [2.45, 2.75) is 57.2 Å². The van der Waals surface area contributed by atoms with Crippen molar-refractivity contribution in [2.75, 3.05) is 24.7 Å². The van der Waals surface area contributed by atoms with Crippen LogP contribution in [-0.4, -0.2) is 61.6 Å². The predicted molar refractivity (Wildman–Crippen MR) is 124 cm³/mol. The van der Waals surface area contributed by atoms with Crippen LogP contribution in [0.1, 0.15) is 43.7 Å². The molecule has 3 fully saturated rings. The van der Waals surface area contributed by atoms with Crippen LogP contribution in [0.4, 0.5) is 5.82 Å². The number of rotatable bonds is 5. The number of fused-ring (bicyclic) bond motifs is 2. The number of aliphatic hydroxyl groups excluding tert-OH is 1. The molecule has 0 amide bonds. The van der Waals surface area contributed by atoms with Crippen LogP contribution >= 0.6 is 0 Å². The molecule has 2 N–H and O–H groups in total. The molecule has 3 aromatic heterocycles. The number of H-pyrrole nitrogens is 1. The van der Waals surface area contributed by atoms with Gasteiger partial charge in [-0.05, 0) is 56.6 Å². The summed E-state index contributed by atoms with van der Waals surface area (Å²) >= 11 is 0. The average Bonchev–Trinajstić information content (AvgIpc) is 3.63. The van der Waals surface area contributed by atoms with E-state index in [2.05, 4.69) is 15.0 Å². The number of anilines is 1. The van der Waals surface area contributed by atoms with Gasteiger partial charge in [-0.25, -0.2) is 4.68 Å². The first-order valence-corrected chi connectivity index (χ1v) is 11.9. The Bertz CT molecular complexity index is 1190. The van der Waals surface area contributed by atoms with Crippen LogP contribution in [0.15, 0.2) is 35.4 Å². The molecule has 3 aromatic rings. The van der Waals surface area contributed by atoms with E-state index in [0.717, 1.165) is 55.7 Å². The van der Waals surface area contributed by atoms with Crippen molar-refractivity contribution < 1.29 is 9.84 Å². The zero-order valence-corrected chi connectivity index (χ0v) is 18.9. The van der Waals surface area contributed by atoms with Gasteiger partial charge in [-0.3, -0.25) is 19.6 Å². The third-order valence-corrected chi connectivity index (χ3v) is 7.47. The van der Waals surface area contributed by atoms with Crippen molar-refractivity contribution >= 4 is 5.82 Å². The number of ether oxygens (including phenoxy) is 1. The van der Waals surface area contributed by atoms with E-state index in [-0.39, 0.29) is 24.3 Å². The number of nitrogens with one attached hydrogen (secondary N) is 1. The number of aromatic amines is 1. The Morgan fingerprint density at radius 2 is 2.06 bits per heavy atom. The normalized spacial score (nSPS) is 26.9. The number of hydrogen-bond acceptors (Lipinski definition) is 6. The molecular formula is C24H30N6O3. The number of morpholine rings is 1. The van der Waals surface area contributed by atoms with Crippen LogP contribution < -0.4 is 10.5 Å². The first-order valence-electron chi connectivity index (χ1n) is 11.9. The molecule has 9 nitrogen and oxygen atoms in total. The summed E-state index contributed by atoms with van der Waals surface area (Å²) in [6.07, 6.45) is 8.98. The largest absolute Gasteiger partial charge is 0.396 e. The standard InChI is InChI=1S/C24H30N6O3/c1-15-2-7-20(25-10-15)24-21(12-29(27-24)17-5-3-16(13-31)4-6-17)30-23(32)9-22(26-30)28-11-19-8-18(28)14-33-19/h2,7,9-10,12,16-19,26,31H,3-6,8,11,13-14H2,1H3/t16?,17?,18-,19-/m1/s1. The third-order valence-electron chi connectivity index (χ3n) is 7.47. The van der Waals surface area contributed by atoms with Gasteiger partial charge in [-0.2, -0.15) is 5.10 Å². The van der Waals surface area contributed by atoms with Gasteiger partial charge in [0.05, 0.1) is 36.7 Å². The van der Waals surface area contributed by atoms with Gasteiger partial charge in [0, 0.05) is 25.4 Å². The summed E-state index contributed by atoms with van der Waals surface area (Å²) in [5.41, 5.74) is 3.13. The molecule has 2 atom stereocenters. The number of pyridine rings is 1. The van der Waals surface area contributed by atoms with E-state index in [1.165, 1.54) is 0 Å². The van der Waals surface area contributed by atoms with Gasteiger partial charge < -0.3 is 14.7 Å². The molecule has 6 rings (SSSR count). The van der Waals surface area contributed by atoms with Crippen LogP contribution in [-0.2, 0) is 4.74 Å². The van der Waals surface area contributed by atoms with Crippen molar-refractivity contribution in [1.82, 2.24) is 24.5 Å². The second-order valence-electron chi connectivity index (χ2n) is 9.73. The Labute approximate surface area is 192 Å². The molecule has 0 radical (unpaired) electrons. The predicted octanol–water partition coefficient (Wildman–Crippen LogP) is 2.43. The van der Waals surface area contributed by atoms with Gasteiger partial charge in [0.15, 0.2) is 0 Å². The number of aliphatic hydroxyl groups is 1. The molecule has 33 heavy (non-hydrogen) atoms. The lowest BCUT2D eigenvalue weighted by Gasteiger charge is -2.27. The number of aryl methyl sites for hydroxylation is 1. The first-order chi connectivity index (χ1) is 16.1. The maximum absolute atomic E-state index is 13.1. The maximum atomic E-state index is 13.1. The van der Waals surface area contributed by atoms with Crippen LogP contribution in [0.25, 0.3) is 17.1 Å². The third kappa shape index (κ3) is 3.69. The highest BCUT2D eigenvalue weighted by molar-refractivity contribution is 5.65. The lowest BCUT2D eigenvalue weighted by atomic mass is 9.87. The lowest BCUT2D eigenvalue weighted by molar-refractivity contribution is 0.0988. The topological polar surface area (TPSA) is 101 Å². The fraction of sp³-hybridized carbons (Fsp3) is 0.542. The second kappa shape index (κ2) is 8.14. The minimum Gasteiger partial charge on any atom is -0.396 e. The summed E-state index contributed by atoms with van der Waals surface area (Å²) in [6.45, 7) is 3.78. The summed E-state index contributed by atoms with van der Waals surface area (Å²) in [4.78, 5) is 19.9. The number of nitrogens with zero attached hydrogens (tertiary/aromatic N) is 5. The van der Waals surface area contributed by atoms with Gasteiger partial charge in [0.2, 0.25) is 0 Å². The fourth-order valence-electron chi connectivity index (χ4n) is 5.52. The van der Waals surface area contributed by atoms with Crippen molar-refractivity contribution in [2.24, 2.45) is 5.92 Å². The van der Waals surface area contributed by atoms with E-state index in [9.17, 15) is 9.90 Å². The smallest absolute Gasteiger partial charge is 0.273 e. The van der Waals surface area contributed by atoms with Gasteiger partial charge in [0.25, 0.3) is 5.56 Å². The van der Waals surface area contributed by atoms with E-state index in [0.29, 0.717) is 29.9 Å². The van der Waals surface area contributed by atoms with Crippen molar-refractivity contribution in [1.29, 1.82) is 0 Å². The highest BCUT2D eigenvalue weighted by Gasteiger charge is 2.40. The van der Waals surface area contributed by atoms with Gasteiger partial charge in [-0.1, -0.05) is 6.07 Å². The first kappa shape index (κ1) is 20.7. The zero-order valence-electron chi connectivity index (χ0n) is 18.9. The highest BCUT2D eigenvalue weighted by Crippen LogP contribution is 2.35. The summed E-state index contributed by atoms with van der Waals surface area (Å²) < 4.78 is 9.32. The summed E-state index contributed by atoms with van der Waals surface area (Å²) in [6, 6.07) is 6.23. The van der Waals surface area contributed by atoms with Crippen LogP contribution in [0, 0.1) is 12.8 Å². The second-order valence-corrected chi connectivity index (χ2v) is 9.73. The van der Waals surface area contributed by atoms with Gasteiger partial charge in [-0.15, -0.1) is 0 Å². The Balaban J connectivity index is 1.38. The zero-order chi connectivity index (χ0) is 22.5. The molecule has 3 aliphatic rings. The Morgan fingerprint density at radius 3 is 2.73 bits per heavy atom. The lowest BCUT2D eigenvalue weighted by Crippen LogP contribution is -2.37. The van der Waals surface area contributed by atoms with Crippen molar-refractivity contribution in [3.8, 4) is 17.1 Å². The number of aromatic nitrogens is 5. The summed E-state index contributed by atoms with van der Waals surface area (Å²) in [5.74, 6) is 1.21. The number of hydrogen-bond donors (Lipinski definition) is 2. The summed E-state index contributed by atoms with van der Waals surface area (Å²) in [7, 11) is 0. The molecule has 2 saturated heterocycles. The minimum atomic E-state index is -0.106. The Morgan fingerprint density at radius 1 is 1.21 bits per heavy atom. The quantitative estimate of drug-likeness (QED) is 0.619. The Hall–Kier alpha value is -2.91. The van der Waals surface area contributed by atoms with Crippen molar-refractivity contribution in [3.05, 3.63) is 46.5 Å². The van der Waals surface area contributed by atoms with Gasteiger partial charge in [0.1, 0.15) is 17.2 Å². The molecular weight excluding hydrogens is 420 g/mol. The van der Waals surface area contributed by atoms with Crippen LogP contribution in [0.3, 0.4) is 0 Å². The van der Waals surface area contributed by atoms with Crippen molar-refractivity contribution in [3.63, 3.8) is 0 Å². The molecule has 1 aliphatic carbocycles. The van der Waals surface area contributed by atoms with Gasteiger partial charge >= 0.3 is 0 Å². The highest BCUT2D eigenvalue weighted by atomic mass is 16.5. The van der Waals surface area contributed by atoms with Crippen LogP contribution in [0.5, 0.6) is 0 Å². The van der Waals surface area contributed by atoms with E-state index in [4.69, 9.17) is 9.84 Å². The Kier molecular flexibility index (Phi) is 5.10. The van der Waals surface area contributed by atoms with E-state index >= 15 is 0 Å². The van der Waals surface area contributed by atoms with E-state index in [1.54, 1.807) is 10.7 Å².